The SMILES string of the molecule is Cc1ccc(CC(N)c2cncc(F)c2)c(Cl)c1. The maximum absolute atomic E-state index is 13.1. The summed E-state index contributed by atoms with van der Waals surface area (Å²) >= 11 is 6.15. The van der Waals surface area contributed by atoms with Gasteiger partial charge in [0.1, 0.15) is 5.82 Å². The van der Waals surface area contributed by atoms with Gasteiger partial charge in [-0.25, -0.2) is 4.39 Å². The van der Waals surface area contributed by atoms with E-state index in [0.717, 1.165) is 17.3 Å². The Hall–Kier alpha value is -1.45. The summed E-state index contributed by atoms with van der Waals surface area (Å²) in [5, 5.41) is 0.690. The van der Waals surface area contributed by atoms with Crippen molar-refractivity contribution in [2.24, 2.45) is 5.73 Å². The molecule has 0 radical (unpaired) electrons. The van der Waals surface area contributed by atoms with Crippen molar-refractivity contribution in [3.8, 4) is 0 Å². The number of hydrogen-bond acceptors (Lipinski definition) is 2. The lowest BCUT2D eigenvalue weighted by atomic mass is 10.0. The minimum atomic E-state index is -0.377. The van der Waals surface area contributed by atoms with Crippen LogP contribution in [0.5, 0.6) is 0 Å². The second kappa shape index (κ2) is 5.46. The molecule has 1 heterocycles. The summed E-state index contributed by atoms with van der Waals surface area (Å²) in [7, 11) is 0. The zero-order chi connectivity index (χ0) is 13.1. The molecule has 0 saturated carbocycles. The van der Waals surface area contributed by atoms with Gasteiger partial charge in [-0.05, 0) is 42.2 Å². The number of aromatic nitrogens is 1. The number of benzene rings is 1. The molecular formula is C14H14ClFN2. The van der Waals surface area contributed by atoms with Gasteiger partial charge in [0.15, 0.2) is 0 Å². The fourth-order valence-electron chi connectivity index (χ4n) is 1.80. The average molecular weight is 265 g/mol. The van der Waals surface area contributed by atoms with Gasteiger partial charge in [-0.15, -0.1) is 0 Å². The highest BCUT2D eigenvalue weighted by atomic mass is 35.5. The molecular weight excluding hydrogens is 251 g/mol. The first kappa shape index (κ1) is 13.0. The van der Waals surface area contributed by atoms with E-state index in [1.807, 2.05) is 25.1 Å². The van der Waals surface area contributed by atoms with Gasteiger partial charge in [-0.1, -0.05) is 23.7 Å². The number of hydrogen-bond donors (Lipinski definition) is 1. The lowest BCUT2D eigenvalue weighted by molar-refractivity contribution is 0.610. The molecule has 1 aromatic carbocycles. The lowest BCUT2D eigenvalue weighted by Gasteiger charge is -2.13. The van der Waals surface area contributed by atoms with E-state index in [0.29, 0.717) is 17.0 Å². The van der Waals surface area contributed by atoms with E-state index in [1.54, 1.807) is 6.20 Å². The Morgan fingerprint density at radius 2 is 2.11 bits per heavy atom. The van der Waals surface area contributed by atoms with Crippen molar-refractivity contribution in [1.82, 2.24) is 4.98 Å². The highest BCUT2D eigenvalue weighted by Crippen LogP contribution is 2.23. The van der Waals surface area contributed by atoms with E-state index >= 15 is 0 Å². The average Bonchev–Trinajstić information content (AvgIpc) is 2.32. The zero-order valence-corrected chi connectivity index (χ0v) is 10.8. The Kier molecular flexibility index (Phi) is 3.94. The maximum Gasteiger partial charge on any atom is 0.141 e. The molecule has 0 bridgehead atoms. The van der Waals surface area contributed by atoms with E-state index < -0.39 is 0 Å². The molecule has 0 fully saturated rings. The Bertz CT molecular complexity index is 557. The van der Waals surface area contributed by atoms with Gasteiger partial charge >= 0.3 is 0 Å². The molecule has 1 atom stereocenters. The standard InChI is InChI=1S/C14H14ClFN2/c1-9-2-3-10(13(15)4-9)6-14(17)11-5-12(16)8-18-7-11/h2-5,7-8,14H,6,17H2,1H3. The third kappa shape index (κ3) is 3.06. The smallest absolute Gasteiger partial charge is 0.141 e. The first-order valence-corrected chi connectivity index (χ1v) is 6.05. The van der Waals surface area contributed by atoms with Crippen molar-refractivity contribution in [3.05, 3.63) is 64.2 Å². The van der Waals surface area contributed by atoms with Crippen molar-refractivity contribution in [2.45, 2.75) is 19.4 Å². The maximum atomic E-state index is 13.1. The molecule has 0 aliphatic rings. The van der Waals surface area contributed by atoms with Crippen LogP contribution in [0.25, 0.3) is 0 Å². The Morgan fingerprint density at radius 1 is 1.33 bits per heavy atom. The second-order valence-corrected chi connectivity index (χ2v) is 4.75. The summed E-state index contributed by atoms with van der Waals surface area (Å²) in [6, 6.07) is 6.92. The molecule has 4 heteroatoms. The van der Waals surface area contributed by atoms with Crippen LogP contribution in [0.2, 0.25) is 5.02 Å². The molecule has 0 aliphatic carbocycles. The Morgan fingerprint density at radius 3 is 2.78 bits per heavy atom. The van der Waals surface area contributed by atoms with Crippen LogP contribution in [0.4, 0.5) is 4.39 Å². The summed E-state index contributed by atoms with van der Waals surface area (Å²) in [5.41, 5.74) is 8.77. The summed E-state index contributed by atoms with van der Waals surface area (Å²) < 4.78 is 13.1. The minimum Gasteiger partial charge on any atom is -0.324 e. The van der Waals surface area contributed by atoms with Crippen LogP contribution in [-0.2, 0) is 6.42 Å². The third-order valence-electron chi connectivity index (χ3n) is 2.80. The molecule has 0 spiro atoms. The van der Waals surface area contributed by atoms with E-state index in [9.17, 15) is 4.39 Å². The Balaban J connectivity index is 2.18. The normalized spacial score (nSPS) is 12.4. The lowest BCUT2D eigenvalue weighted by Crippen LogP contribution is -2.14. The topological polar surface area (TPSA) is 38.9 Å². The summed E-state index contributed by atoms with van der Waals surface area (Å²) in [5.74, 6) is -0.377. The predicted octanol–water partition coefficient (Wildman–Crippen LogP) is 3.43. The summed E-state index contributed by atoms with van der Waals surface area (Å²) in [6.45, 7) is 1.98. The highest BCUT2D eigenvalue weighted by molar-refractivity contribution is 6.31. The molecule has 0 amide bonds. The van der Waals surface area contributed by atoms with E-state index in [4.69, 9.17) is 17.3 Å². The first-order valence-electron chi connectivity index (χ1n) is 5.67. The van der Waals surface area contributed by atoms with Crippen molar-refractivity contribution in [3.63, 3.8) is 0 Å². The highest BCUT2D eigenvalue weighted by Gasteiger charge is 2.10. The fourth-order valence-corrected chi connectivity index (χ4v) is 2.12. The summed E-state index contributed by atoms with van der Waals surface area (Å²) in [6.07, 6.45) is 3.30. The van der Waals surface area contributed by atoms with Crippen LogP contribution in [-0.4, -0.2) is 4.98 Å². The van der Waals surface area contributed by atoms with Crippen molar-refractivity contribution < 1.29 is 4.39 Å². The van der Waals surface area contributed by atoms with Crippen molar-refractivity contribution >= 4 is 11.6 Å². The van der Waals surface area contributed by atoms with Crippen LogP contribution in [0, 0.1) is 12.7 Å². The van der Waals surface area contributed by atoms with Gasteiger partial charge in [0.05, 0.1) is 6.20 Å². The van der Waals surface area contributed by atoms with E-state index in [1.165, 1.54) is 6.07 Å². The van der Waals surface area contributed by atoms with Gasteiger partial charge in [0.25, 0.3) is 0 Å². The largest absolute Gasteiger partial charge is 0.324 e. The van der Waals surface area contributed by atoms with Crippen LogP contribution >= 0.6 is 11.6 Å². The molecule has 18 heavy (non-hydrogen) atoms. The van der Waals surface area contributed by atoms with Gasteiger partial charge in [-0.3, -0.25) is 4.98 Å². The Labute approximate surface area is 111 Å². The monoisotopic (exact) mass is 264 g/mol. The van der Waals surface area contributed by atoms with E-state index in [-0.39, 0.29) is 11.9 Å². The molecule has 2 N–H and O–H groups in total. The number of nitrogens with zero attached hydrogens (tertiary/aromatic N) is 1. The minimum absolute atomic E-state index is 0.312. The van der Waals surface area contributed by atoms with Gasteiger partial charge in [0.2, 0.25) is 0 Å². The van der Waals surface area contributed by atoms with Crippen molar-refractivity contribution in [2.75, 3.05) is 0 Å². The molecule has 0 saturated heterocycles. The first-order chi connectivity index (χ1) is 8.56. The van der Waals surface area contributed by atoms with Crippen LogP contribution in [0.15, 0.2) is 36.7 Å². The molecule has 2 nitrogen and oxygen atoms in total. The molecule has 2 aromatic rings. The quantitative estimate of drug-likeness (QED) is 0.923. The molecule has 0 aliphatic heterocycles. The van der Waals surface area contributed by atoms with Crippen molar-refractivity contribution in [1.29, 1.82) is 0 Å². The van der Waals surface area contributed by atoms with E-state index in [2.05, 4.69) is 4.98 Å². The second-order valence-electron chi connectivity index (χ2n) is 4.34. The van der Waals surface area contributed by atoms with Crippen LogP contribution in [0.1, 0.15) is 22.7 Å². The van der Waals surface area contributed by atoms with Gasteiger partial charge in [-0.2, -0.15) is 0 Å². The van der Waals surface area contributed by atoms with Crippen LogP contribution < -0.4 is 5.73 Å². The molecule has 94 valence electrons. The third-order valence-corrected chi connectivity index (χ3v) is 3.15. The number of pyridine rings is 1. The van der Waals surface area contributed by atoms with Gasteiger partial charge < -0.3 is 5.73 Å². The zero-order valence-electron chi connectivity index (χ0n) is 10.0. The molecule has 1 aromatic heterocycles. The fraction of sp³-hybridized carbons (Fsp3) is 0.214. The number of halogens is 2. The molecule has 1 unspecified atom stereocenters. The molecule has 2 rings (SSSR count). The summed E-state index contributed by atoms with van der Waals surface area (Å²) in [4.78, 5) is 3.80. The van der Waals surface area contributed by atoms with Crippen LogP contribution in [0.3, 0.4) is 0 Å². The van der Waals surface area contributed by atoms with Gasteiger partial charge in [0, 0.05) is 17.3 Å². The number of aryl methyl sites for hydroxylation is 1. The predicted molar refractivity (Wildman–Crippen MR) is 71.0 cm³/mol. The number of nitrogens with two attached hydrogens (primary N) is 1. The number of rotatable bonds is 3.